The van der Waals surface area contributed by atoms with E-state index in [-0.39, 0.29) is 22.7 Å². The van der Waals surface area contributed by atoms with E-state index in [2.05, 4.69) is 5.32 Å². The van der Waals surface area contributed by atoms with Crippen molar-refractivity contribution in [2.75, 3.05) is 13.1 Å². The lowest BCUT2D eigenvalue weighted by Crippen LogP contribution is -2.55. The van der Waals surface area contributed by atoms with Gasteiger partial charge in [0.15, 0.2) is 4.90 Å². The van der Waals surface area contributed by atoms with Crippen molar-refractivity contribution in [1.82, 2.24) is 9.62 Å². The summed E-state index contributed by atoms with van der Waals surface area (Å²) < 4.78 is 27.0. The van der Waals surface area contributed by atoms with E-state index in [9.17, 15) is 18.5 Å². The van der Waals surface area contributed by atoms with Crippen LogP contribution in [0, 0.1) is 17.0 Å². The van der Waals surface area contributed by atoms with Crippen LogP contribution in [0.4, 0.5) is 5.69 Å². The lowest BCUT2D eigenvalue weighted by Gasteiger charge is -2.35. The van der Waals surface area contributed by atoms with Crippen LogP contribution in [0.25, 0.3) is 0 Å². The molecule has 8 heteroatoms. The first-order valence-electron chi connectivity index (χ1n) is 6.73. The molecule has 0 bridgehead atoms. The number of aryl methyl sites for hydroxylation is 1. The molecule has 0 aromatic heterocycles. The summed E-state index contributed by atoms with van der Waals surface area (Å²) in [6.45, 7) is 5.97. The van der Waals surface area contributed by atoms with E-state index < -0.39 is 14.9 Å². The van der Waals surface area contributed by atoms with E-state index in [4.69, 9.17) is 0 Å². The minimum absolute atomic E-state index is 0.00611. The van der Waals surface area contributed by atoms with Gasteiger partial charge in [-0.3, -0.25) is 10.1 Å². The third kappa shape index (κ3) is 3.07. The minimum Gasteiger partial charge on any atom is -0.309 e. The van der Waals surface area contributed by atoms with Gasteiger partial charge in [-0.25, -0.2) is 8.42 Å². The smallest absolute Gasteiger partial charge is 0.289 e. The molecule has 1 fully saturated rings. The van der Waals surface area contributed by atoms with E-state index in [1.165, 1.54) is 16.4 Å². The molecular weight excluding hydrogens is 294 g/mol. The summed E-state index contributed by atoms with van der Waals surface area (Å²) in [5, 5.41) is 14.4. The molecule has 1 aromatic rings. The molecule has 1 saturated heterocycles. The molecule has 1 N–H and O–H groups in total. The first kappa shape index (κ1) is 15.9. The van der Waals surface area contributed by atoms with Gasteiger partial charge < -0.3 is 5.32 Å². The fourth-order valence-electron chi connectivity index (χ4n) is 2.72. The van der Waals surface area contributed by atoms with Gasteiger partial charge in [0.2, 0.25) is 10.0 Å². The van der Waals surface area contributed by atoms with Crippen molar-refractivity contribution in [3.8, 4) is 0 Å². The summed E-state index contributed by atoms with van der Waals surface area (Å²) in [5.41, 5.74) is 0.0249. The summed E-state index contributed by atoms with van der Waals surface area (Å²) in [5.74, 6) is 0. The van der Waals surface area contributed by atoms with Crippen LogP contribution < -0.4 is 5.32 Å². The van der Waals surface area contributed by atoms with Gasteiger partial charge in [0.05, 0.1) is 4.92 Å². The fourth-order valence-corrected chi connectivity index (χ4v) is 4.70. The number of hydrogen-bond acceptors (Lipinski definition) is 5. The van der Waals surface area contributed by atoms with Crippen molar-refractivity contribution in [2.45, 2.75) is 37.8 Å². The molecule has 0 saturated carbocycles. The van der Waals surface area contributed by atoms with Crippen LogP contribution in [0.3, 0.4) is 0 Å². The average Bonchev–Trinajstić information content (AvgIpc) is 2.36. The Kier molecular flexibility index (Phi) is 4.31. The monoisotopic (exact) mass is 313 g/mol. The zero-order chi connectivity index (χ0) is 15.8. The summed E-state index contributed by atoms with van der Waals surface area (Å²) in [7, 11) is -3.88. The Morgan fingerprint density at radius 1 is 1.29 bits per heavy atom. The molecule has 1 aliphatic heterocycles. The second kappa shape index (κ2) is 5.70. The van der Waals surface area contributed by atoms with Crippen molar-refractivity contribution >= 4 is 15.7 Å². The molecule has 7 nitrogen and oxygen atoms in total. The van der Waals surface area contributed by atoms with Crippen molar-refractivity contribution in [3.63, 3.8) is 0 Å². The van der Waals surface area contributed by atoms with Crippen LogP contribution >= 0.6 is 0 Å². The zero-order valence-corrected chi connectivity index (χ0v) is 13.1. The Bertz CT molecular complexity index is 649. The molecular formula is C13H19N3O4S. The number of piperazine rings is 1. The first-order valence-corrected chi connectivity index (χ1v) is 8.17. The van der Waals surface area contributed by atoms with Crippen molar-refractivity contribution in [1.29, 1.82) is 0 Å². The average molecular weight is 313 g/mol. The zero-order valence-electron chi connectivity index (χ0n) is 12.2. The maximum Gasteiger partial charge on any atom is 0.289 e. The van der Waals surface area contributed by atoms with Crippen LogP contribution in [0.1, 0.15) is 19.4 Å². The van der Waals surface area contributed by atoms with Gasteiger partial charge in [-0.2, -0.15) is 4.31 Å². The number of nitro groups is 1. The normalized spacial score (nSPS) is 24.0. The predicted molar refractivity (Wildman–Crippen MR) is 78.7 cm³/mol. The van der Waals surface area contributed by atoms with Crippen molar-refractivity contribution in [3.05, 3.63) is 33.9 Å². The van der Waals surface area contributed by atoms with E-state index in [0.29, 0.717) is 18.7 Å². The summed E-state index contributed by atoms with van der Waals surface area (Å²) >= 11 is 0. The number of sulfonamides is 1. The maximum absolute atomic E-state index is 12.8. The molecule has 1 aliphatic rings. The molecule has 1 heterocycles. The van der Waals surface area contributed by atoms with Crippen LogP contribution in [-0.2, 0) is 10.0 Å². The van der Waals surface area contributed by atoms with Crippen molar-refractivity contribution in [2.24, 2.45) is 0 Å². The highest BCUT2D eigenvalue weighted by molar-refractivity contribution is 7.89. The molecule has 2 unspecified atom stereocenters. The Labute approximate surface area is 124 Å². The Morgan fingerprint density at radius 3 is 2.38 bits per heavy atom. The first-order chi connectivity index (χ1) is 9.73. The lowest BCUT2D eigenvalue weighted by atomic mass is 10.2. The number of nitro benzene ring substituents is 1. The van der Waals surface area contributed by atoms with Gasteiger partial charge in [-0.15, -0.1) is 0 Å². The maximum atomic E-state index is 12.8. The summed E-state index contributed by atoms with van der Waals surface area (Å²) in [6.07, 6.45) is 0. The third-order valence-electron chi connectivity index (χ3n) is 3.51. The van der Waals surface area contributed by atoms with Gasteiger partial charge in [-0.05, 0) is 26.3 Å². The van der Waals surface area contributed by atoms with E-state index >= 15 is 0 Å². The molecule has 2 atom stereocenters. The topological polar surface area (TPSA) is 92.5 Å². The molecule has 21 heavy (non-hydrogen) atoms. The highest BCUT2D eigenvalue weighted by atomic mass is 32.2. The van der Waals surface area contributed by atoms with Gasteiger partial charge in [0, 0.05) is 31.2 Å². The quantitative estimate of drug-likeness (QED) is 0.670. The van der Waals surface area contributed by atoms with E-state index in [1.54, 1.807) is 13.0 Å². The molecule has 116 valence electrons. The van der Waals surface area contributed by atoms with Crippen molar-refractivity contribution < 1.29 is 13.3 Å². The highest BCUT2D eigenvalue weighted by Gasteiger charge is 2.36. The predicted octanol–water partition coefficient (Wildman–Crippen LogP) is 1.27. The highest BCUT2D eigenvalue weighted by Crippen LogP contribution is 2.30. The fraction of sp³-hybridized carbons (Fsp3) is 0.538. The number of rotatable bonds is 3. The molecule has 0 amide bonds. The second-order valence-corrected chi connectivity index (χ2v) is 7.35. The Hall–Kier alpha value is -1.51. The Balaban J connectivity index is 2.52. The van der Waals surface area contributed by atoms with Crippen LogP contribution in [-0.4, -0.2) is 42.8 Å². The number of nitrogens with one attached hydrogen (secondary N) is 1. The van der Waals surface area contributed by atoms with Crippen LogP contribution in [0.5, 0.6) is 0 Å². The van der Waals surface area contributed by atoms with Crippen LogP contribution in [0.15, 0.2) is 23.1 Å². The standard InChI is InChI=1S/C13H19N3O4S/c1-9-5-4-6-12(16(17)18)13(9)21(19,20)15-7-10(2)14-11(3)8-15/h4-6,10-11,14H,7-8H2,1-3H3. The molecule has 1 aromatic carbocycles. The number of hydrogen-bond donors (Lipinski definition) is 1. The lowest BCUT2D eigenvalue weighted by molar-refractivity contribution is -0.387. The summed E-state index contributed by atoms with van der Waals surface area (Å²) in [6, 6.07) is 4.32. The Morgan fingerprint density at radius 2 is 1.86 bits per heavy atom. The molecule has 2 rings (SSSR count). The molecule has 0 aliphatic carbocycles. The van der Waals surface area contributed by atoms with Gasteiger partial charge >= 0.3 is 0 Å². The molecule has 0 radical (unpaired) electrons. The molecule has 0 spiro atoms. The van der Waals surface area contributed by atoms with E-state index in [0.717, 1.165) is 0 Å². The SMILES string of the molecule is Cc1cccc([N+](=O)[O-])c1S(=O)(=O)N1CC(C)NC(C)C1. The van der Waals surface area contributed by atoms with Gasteiger partial charge in [0.25, 0.3) is 5.69 Å². The van der Waals surface area contributed by atoms with Gasteiger partial charge in [-0.1, -0.05) is 12.1 Å². The number of benzene rings is 1. The second-order valence-electron chi connectivity index (χ2n) is 5.47. The summed E-state index contributed by atoms with van der Waals surface area (Å²) in [4.78, 5) is 10.3. The largest absolute Gasteiger partial charge is 0.309 e. The minimum atomic E-state index is -3.88. The third-order valence-corrected chi connectivity index (χ3v) is 5.53. The van der Waals surface area contributed by atoms with Gasteiger partial charge in [0.1, 0.15) is 0 Å². The number of nitrogens with zero attached hydrogens (tertiary/aromatic N) is 2. The van der Waals surface area contributed by atoms with Crippen LogP contribution in [0.2, 0.25) is 0 Å². The van der Waals surface area contributed by atoms with E-state index in [1.807, 2.05) is 13.8 Å².